The second-order valence-corrected chi connectivity index (χ2v) is 6.52. The van der Waals surface area contributed by atoms with Gasteiger partial charge in [0.25, 0.3) is 5.56 Å². The quantitative estimate of drug-likeness (QED) is 0.525. The molecule has 6 heteroatoms. The van der Waals surface area contributed by atoms with Gasteiger partial charge < -0.3 is 4.74 Å². The molecule has 0 amide bonds. The first-order valence-corrected chi connectivity index (χ1v) is 8.69. The molecule has 0 fully saturated rings. The normalized spacial score (nSPS) is 10.6. The molecule has 0 unspecified atom stereocenters. The fourth-order valence-electron chi connectivity index (χ4n) is 2.08. The Labute approximate surface area is 148 Å². The summed E-state index contributed by atoms with van der Waals surface area (Å²) in [4.78, 5) is 19.5. The Bertz CT molecular complexity index is 880. The lowest BCUT2D eigenvalue weighted by Crippen LogP contribution is -2.13. The first-order chi connectivity index (χ1) is 11.6. The molecule has 0 saturated carbocycles. The molecule has 0 aliphatic heterocycles. The number of thioether (sulfide) groups is 1. The summed E-state index contributed by atoms with van der Waals surface area (Å²) in [5.74, 6) is 1.47. The van der Waals surface area contributed by atoms with E-state index in [1.54, 1.807) is 31.2 Å². The summed E-state index contributed by atoms with van der Waals surface area (Å²) < 4.78 is 5.64. The summed E-state index contributed by atoms with van der Waals surface area (Å²) in [5, 5.41) is 1.18. The number of nitrogens with one attached hydrogen (secondary N) is 1. The van der Waals surface area contributed by atoms with E-state index >= 15 is 0 Å². The molecule has 0 spiro atoms. The molecule has 0 radical (unpaired) electrons. The van der Waals surface area contributed by atoms with Crippen LogP contribution in [0.1, 0.15) is 11.3 Å². The van der Waals surface area contributed by atoms with Gasteiger partial charge in [0.2, 0.25) is 5.75 Å². The van der Waals surface area contributed by atoms with Crippen LogP contribution in [0, 0.1) is 6.92 Å². The Balaban J connectivity index is 1.76. The zero-order chi connectivity index (χ0) is 16.9. The summed E-state index contributed by atoms with van der Waals surface area (Å²) in [7, 11) is 0. The van der Waals surface area contributed by atoms with Crippen molar-refractivity contribution in [2.45, 2.75) is 17.8 Å². The van der Waals surface area contributed by atoms with Gasteiger partial charge in [-0.05, 0) is 36.8 Å². The molecule has 0 bridgehead atoms. The van der Waals surface area contributed by atoms with Crippen molar-refractivity contribution in [3.05, 3.63) is 81.2 Å². The van der Waals surface area contributed by atoms with E-state index in [4.69, 9.17) is 16.3 Å². The third-order valence-corrected chi connectivity index (χ3v) is 4.47. The van der Waals surface area contributed by atoms with Crippen molar-refractivity contribution in [3.8, 4) is 11.5 Å². The van der Waals surface area contributed by atoms with Crippen molar-refractivity contribution in [2.24, 2.45) is 0 Å². The molecule has 4 nitrogen and oxygen atoms in total. The molecule has 0 aliphatic carbocycles. The van der Waals surface area contributed by atoms with Crippen LogP contribution in [0.2, 0.25) is 5.02 Å². The summed E-state index contributed by atoms with van der Waals surface area (Å²) >= 11 is 7.32. The number of hydrogen-bond acceptors (Lipinski definition) is 4. The minimum atomic E-state index is -0.298. The van der Waals surface area contributed by atoms with Gasteiger partial charge in [-0.3, -0.25) is 9.78 Å². The van der Waals surface area contributed by atoms with E-state index in [1.165, 1.54) is 17.3 Å². The van der Waals surface area contributed by atoms with Gasteiger partial charge in [-0.25, -0.2) is 4.98 Å². The number of aromatic nitrogens is 2. The molecule has 1 aromatic heterocycles. The second kappa shape index (κ2) is 7.55. The van der Waals surface area contributed by atoms with Crippen molar-refractivity contribution in [1.29, 1.82) is 0 Å². The van der Waals surface area contributed by atoms with Crippen molar-refractivity contribution < 1.29 is 4.74 Å². The van der Waals surface area contributed by atoms with Gasteiger partial charge in [-0.1, -0.05) is 53.7 Å². The van der Waals surface area contributed by atoms with Crippen molar-refractivity contribution in [3.63, 3.8) is 0 Å². The number of hydrogen-bond donors (Lipinski definition) is 1. The maximum Gasteiger partial charge on any atom is 0.294 e. The van der Waals surface area contributed by atoms with Gasteiger partial charge in [0.1, 0.15) is 5.75 Å². The number of ether oxygens (including phenoxy) is 1. The molecule has 24 heavy (non-hydrogen) atoms. The van der Waals surface area contributed by atoms with Crippen LogP contribution in [0.25, 0.3) is 0 Å². The molecule has 0 saturated heterocycles. The average molecular weight is 359 g/mol. The second-order valence-electron chi connectivity index (χ2n) is 5.12. The van der Waals surface area contributed by atoms with Crippen LogP contribution in [0.15, 0.2) is 64.5 Å². The SMILES string of the molecule is Cc1nc(SCc2ccccc2)[nH]c(=O)c1Oc1ccc(Cl)cc1. The molecule has 0 atom stereocenters. The highest BCUT2D eigenvalue weighted by atomic mass is 35.5. The average Bonchev–Trinajstić information content (AvgIpc) is 2.59. The summed E-state index contributed by atoms with van der Waals surface area (Å²) in [6.45, 7) is 1.76. The lowest BCUT2D eigenvalue weighted by molar-refractivity contribution is 0.464. The van der Waals surface area contributed by atoms with Crippen LogP contribution >= 0.6 is 23.4 Å². The number of H-pyrrole nitrogens is 1. The Morgan fingerprint density at radius 1 is 1.12 bits per heavy atom. The monoisotopic (exact) mass is 358 g/mol. The number of rotatable bonds is 5. The Morgan fingerprint density at radius 3 is 2.50 bits per heavy atom. The smallest absolute Gasteiger partial charge is 0.294 e. The first-order valence-electron chi connectivity index (χ1n) is 7.33. The highest BCUT2D eigenvalue weighted by Crippen LogP contribution is 2.24. The topological polar surface area (TPSA) is 55.0 Å². The van der Waals surface area contributed by atoms with Crippen LogP contribution in [-0.4, -0.2) is 9.97 Å². The van der Waals surface area contributed by atoms with E-state index in [-0.39, 0.29) is 11.3 Å². The third kappa shape index (κ3) is 4.19. The lowest BCUT2D eigenvalue weighted by atomic mass is 10.2. The van der Waals surface area contributed by atoms with Gasteiger partial charge in [0.05, 0.1) is 5.69 Å². The molecule has 3 rings (SSSR count). The van der Waals surface area contributed by atoms with Gasteiger partial charge in [-0.15, -0.1) is 0 Å². The molecule has 3 aromatic rings. The Morgan fingerprint density at radius 2 is 1.83 bits per heavy atom. The predicted molar refractivity (Wildman–Crippen MR) is 97.1 cm³/mol. The van der Waals surface area contributed by atoms with Gasteiger partial charge in [-0.2, -0.15) is 0 Å². The van der Waals surface area contributed by atoms with E-state index in [1.807, 2.05) is 30.3 Å². The van der Waals surface area contributed by atoms with Crippen molar-refractivity contribution in [1.82, 2.24) is 9.97 Å². The minimum Gasteiger partial charge on any atom is -0.450 e. The van der Waals surface area contributed by atoms with Gasteiger partial charge in [0.15, 0.2) is 5.16 Å². The molecular formula is C18H15ClN2O2S. The molecule has 122 valence electrons. The summed E-state index contributed by atoms with van der Waals surface area (Å²) in [6, 6.07) is 16.8. The van der Waals surface area contributed by atoms with E-state index in [2.05, 4.69) is 9.97 Å². The first kappa shape index (κ1) is 16.6. The summed E-state index contributed by atoms with van der Waals surface area (Å²) in [5.41, 5.74) is 1.42. The van der Waals surface area contributed by atoms with E-state index < -0.39 is 0 Å². The molecule has 1 heterocycles. The maximum absolute atomic E-state index is 12.3. The highest BCUT2D eigenvalue weighted by Gasteiger charge is 2.11. The molecular weight excluding hydrogens is 344 g/mol. The van der Waals surface area contributed by atoms with Crippen LogP contribution in [-0.2, 0) is 5.75 Å². The number of nitrogens with zero attached hydrogens (tertiary/aromatic N) is 1. The fraction of sp³-hybridized carbons (Fsp3) is 0.111. The Kier molecular flexibility index (Phi) is 5.23. The van der Waals surface area contributed by atoms with E-state index in [9.17, 15) is 4.79 Å². The largest absolute Gasteiger partial charge is 0.450 e. The fourth-order valence-corrected chi connectivity index (χ4v) is 3.07. The standard InChI is InChI=1S/C18H15ClN2O2S/c1-12-16(23-15-9-7-14(19)8-10-15)17(22)21-18(20-12)24-11-13-5-3-2-4-6-13/h2-10H,11H2,1H3,(H,20,21,22). The van der Waals surface area contributed by atoms with Gasteiger partial charge in [0, 0.05) is 10.8 Å². The number of aryl methyl sites for hydroxylation is 1. The third-order valence-electron chi connectivity index (χ3n) is 3.28. The molecule has 0 aliphatic rings. The van der Waals surface area contributed by atoms with Crippen LogP contribution < -0.4 is 10.3 Å². The number of benzene rings is 2. The molecule has 2 aromatic carbocycles. The molecule has 1 N–H and O–H groups in total. The number of halogens is 1. The maximum atomic E-state index is 12.3. The lowest BCUT2D eigenvalue weighted by Gasteiger charge is -2.09. The predicted octanol–water partition coefficient (Wildman–Crippen LogP) is 4.82. The van der Waals surface area contributed by atoms with Crippen molar-refractivity contribution in [2.75, 3.05) is 0 Å². The highest BCUT2D eigenvalue weighted by molar-refractivity contribution is 7.98. The van der Waals surface area contributed by atoms with E-state index in [0.717, 1.165) is 5.75 Å². The zero-order valence-corrected chi connectivity index (χ0v) is 14.5. The van der Waals surface area contributed by atoms with Crippen LogP contribution in [0.5, 0.6) is 11.5 Å². The van der Waals surface area contributed by atoms with Crippen LogP contribution in [0.3, 0.4) is 0 Å². The van der Waals surface area contributed by atoms with E-state index in [0.29, 0.717) is 21.6 Å². The zero-order valence-electron chi connectivity index (χ0n) is 13.0. The van der Waals surface area contributed by atoms with Crippen LogP contribution in [0.4, 0.5) is 0 Å². The van der Waals surface area contributed by atoms with Crippen molar-refractivity contribution >= 4 is 23.4 Å². The minimum absolute atomic E-state index is 0.196. The Hall–Kier alpha value is -2.24. The number of aromatic amines is 1. The summed E-state index contributed by atoms with van der Waals surface area (Å²) in [6.07, 6.45) is 0. The van der Waals surface area contributed by atoms with Gasteiger partial charge >= 0.3 is 0 Å².